The summed E-state index contributed by atoms with van der Waals surface area (Å²) < 4.78 is 2.08. The number of aromatic carboxylic acids is 1. The quantitative estimate of drug-likeness (QED) is 0.624. The molecule has 1 aliphatic heterocycles. The zero-order valence-corrected chi connectivity index (χ0v) is 19.2. The fourth-order valence-corrected chi connectivity index (χ4v) is 5.21. The summed E-state index contributed by atoms with van der Waals surface area (Å²) in [7, 11) is 0. The monoisotopic (exact) mass is 445 g/mol. The van der Waals surface area contributed by atoms with E-state index in [2.05, 4.69) is 43.4 Å². The first-order chi connectivity index (χ1) is 16.1. The summed E-state index contributed by atoms with van der Waals surface area (Å²) >= 11 is 0. The summed E-state index contributed by atoms with van der Waals surface area (Å²) in [4.78, 5) is 25.4. The van der Waals surface area contributed by atoms with E-state index >= 15 is 0 Å². The number of carboxylic acid groups (broad SMARTS) is 1. The molecule has 1 N–H and O–H groups in total. The summed E-state index contributed by atoms with van der Waals surface area (Å²) in [6.07, 6.45) is 9.99. The summed E-state index contributed by atoms with van der Waals surface area (Å²) in [6.45, 7) is 8.53. The number of anilines is 1. The normalized spacial score (nSPS) is 16.6. The van der Waals surface area contributed by atoms with E-state index in [0.717, 1.165) is 45.6 Å². The second kappa shape index (κ2) is 9.35. The van der Waals surface area contributed by atoms with Crippen LogP contribution in [0, 0.1) is 0 Å². The average molecular weight is 446 g/mol. The zero-order chi connectivity index (χ0) is 22.8. The predicted octanol–water partition coefficient (Wildman–Crippen LogP) is 3.71. The molecule has 1 aliphatic carbocycles. The Labute approximate surface area is 194 Å². The molecule has 0 spiro atoms. The van der Waals surface area contributed by atoms with E-state index in [-0.39, 0.29) is 5.56 Å². The molecule has 1 saturated heterocycles. The van der Waals surface area contributed by atoms with Gasteiger partial charge >= 0.3 is 5.97 Å². The van der Waals surface area contributed by atoms with Crippen molar-refractivity contribution < 1.29 is 9.90 Å². The van der Waals surface area contributed by atoms with Gasteiger partial charge in [0.05, 0.1) is 5.56 Å². The van der Waals surface area contributed by atoms with E-state index in [1.165, 1.54) is 47.5 Å². The van der Waals surface area contributed by atoms with E-state index < -0.39 is 5.97 Å². The lowest BCUT2D eigenvalue weighted by Crippen LogP contribution is -2.46. The molecule has 0 amide bonds. The second-order valence-corrected chi connectivity index (χ2v) is 8.94. The standard InChI is InChI=1S/C26H31N5O2/c1-2-29-13-15-30(16-14-29)24-8-7-20(21-5-3-4-6-22(21)24)18-31-12-11-28-25(31)23-17-19(26(32)33)9-10-27-23/h7-12,17H,2-6,13-16,18H2,1H3,(H,32,33). The van der Waals surface area contributed by atoms with Crippen molar-refractivity contribution in [2.24, 2.45) is 0 Å². The van der Waals surface area contributed by atoms with Crippen LogP contribution >= 0.6 is 0 Å². The first-order valence-electron chi connectivity index (χ1n) is 12.0. The average Bonchev–Trinajstić information content (AvgIpc) is 3.32. The van der Waals surface area contributed by atoms with Gasteiger partial charge < -0.3 is 19.5 Å². The van der Waals surface area contributed by atoms with Crippen LogP contribution in [-0.2, 0) is 19.4 Å². The summed E-state index contributed by atoms with van der Waals surface area (Å²) in [5.41, 5.74) is 6.57. The molecule has 3 aromatic rings. The third kappa shape index (κ3) is 4.37. The number of imidazole rings is 1. The van der Waals surface area contributed by atoms with Crippen molar-refractivity contribution in [2.75, 3.05) is 37.6 Å². The van der Waals surface area contributed by atoms with Crippen molar-refractivity contribution in [1.29, 1.82) is 0 Å². The number of carbonyl (C=O) groups is 1. The Morgan fingerprint density at radius 1 is 1.00 bits per heavy atom. The van der Waals surface area contributed by atoms with Crippen LogP contribution in [0.4, 0.5) is 5.69 Å². The smallest absolute Gasteiger partial charge is 0.335 e. The van der Waals surface area contributed by atoms with Gasteiger partial charge in [-0.25, -0.2) is 9.78 Å². The lowest BCUT2D eigenvalue weighted by molar-refractivity contribution is 0.0697. The first kappa shape index (κ1) is 21.6. The van der Waals surface area contributed by atoms with Gasteiger partial charge in [0, 0.05) is 57.0 Å². The molecular weight excluding hydrogens is 414 g/mol. The minimum atomic E-state index is -0.957. The van der Waals surface area contributed by atoms with E-state index in [4.69, 9.17) is 0 Å². The van der Waals surface area contributed by atoms with Crippen LogP contribution in [0.2, 0.25) is 0 Å². The van der Waals surface area contributed by atoms with Gasteiger partial charge in [-0.2, -0.15) is 0 Å². The lowest BCUT2D eigenvalue weighted by atomic mass is 9.86. The van der Waals surface area contributed by atoms with Gasteiger partial charge in [0.2, 0.25) is 0 Å². The topological polar surface area (TPSA) is 74.5 Å². The number of pyridine rings is 1. The van der Waals surface area contributed by atoms with E-state index in [0.29, 0.717) is 18.1 Å². The zero-order valence-electron chi connectivity index (χ0n) is 19.2. The molecule has 1 fully saturated rings. The first-order valence-corrected chi connectivity index (χ1v) is 12.0. The summed E-state index contributed by atoms with van der Waals surface area (Å²) in [5, 5.41) is 9.34. The number of likely N-dealkylation sites (N-methyl/N-ethyl adjacent to an activating group) is 1. The Kier molecular flexibility index (Phi) is 6.13. The maximum Gasteiger partial charge on any atom is 0.335 e. The molecule has 7 heteroatoms. The molecule has 0 radical (unpaired) electrons. The van der Waals surface area contributed by atoms with Crippen LogP contribution in [0.3, 0.4) is 0 Å². The predicted molar refractivity (Wildman–Crippen MR) is 129 cm³/mol. The van der Waals surface area contributed by atoms with Crippen molar-refractivity contribution in [1.82, 2.24) is 19.4 Å². The number of fused-ring (bicyclic) bond motifs is 1. The largest absolute Gasteiger partial charge is 0.478 e. The van der Waals surface area contributed by atoms with Gasteiger partial charge in [0.1, 0.15) is 5.69 Å². The molecule has 7 nitrogen and oxygen atoms in total. The van der Waals surface area contributed by atoms with E-state index in [9.17, 15) is 9.90 Å². The molecular formula is C26H31N5O2. The number of rotatable bonds is 6. The number of piperazine rings is 1. The minimum absolute atomic E-state index is 0.222. The van der Waals surface area contributed by atoms with Gasteiger partial charge in [-0.05, 0) is 67.1 Å². The van der Waals surface area contributed by atoms with Gasteiger partial charge in [-0.1, -0.05) is 13.0 Å². The number of carboxylic acids is 1. The molecule has 0 atom stereocenters. The van der Waals surface area contributed by atoms with Crippen molar-refractivity contribution in [3.8, 4) is 11.5 Å². The SMILES string of the molecule is CCN1CCN(c2ccc(Cn3ccnc3-c3cc(C(=O)O)ccn3)c3c2CCCC3)CC1. The Hall–Kier alpha value is -3.19. The highest BCUT2D eigenvalue weighted by Gasteiger charge is 2.23. The molecule has 3 heterocycles. The number of nitrogens with zero attached hydrogens (tertiary/aromatic N) is 5. The highest BCUT2D eigenvalue weighted by Crippen LogP contribution is 2.34. The maximum atomic E-state index is 11.4. The highest BCUT2D eigenvalue weighted by atomic mass is 16.4. The van der Waals surface area contributed by atoms with Gasteiger partial charge in [0.15, 0.2) is 5.82 Å². The number of hydrogen-bond acceptors (Lipinski definition) is 5. The molecule has 1 aromatic carbocycles. The van der Waals surface area contributed by atoms with Crippen LogP contribution in [0.5, 0.6) is 0 Å². The Morgan fingerprint density at radius 3 is 2.55 bits per heavy atom. The summed E-state index contributed by atoms with van der Waals surface area (Å²) in [5.74, 6) is -0.261. The Bertz CT molecular complexity index is 1150. The molecule has 5 rings (SSSR count). The lowest BCUT2D eigenvalue weighted by Gasteiger charge is -2.38. The number of benzene rings is 1. The van der Waals surface area contributed by atoms with Gasteiger partial charge in [-0.15, -0.1) is 0 Å². The van der Waals surface area contributed by atoms with Gasteiger partial charge in [-0.3, -0.25) is 4.98 Å². The molecule has 33 heavy (non-hydrogen) atoms. The highest BCUT2D eigenvalue weighted by molar-refractivity contribution is 5.88. The van der Waals surface area contributed by atoms with Crippen molar-refractivity contribution in [3.05, 3.63) is 65.1 Å². The van der Waals surface area contributed by atoms with E-state index in [1.807, 2.05) is 6.20 Å². The fourth-order valence-electron chi connectivity index (χ4n) is 5.21. The number of aromatic nitrogens is 3. The Balaban J connectivity index is 1.44. The van der Waals surface area contributed by atoms with Crippen LogP contribution in [0.1, 0.15) is 46.8 Å². The van der Waals surface area contributed by atoms with Crippen molar-refractivity contribution in [2.45, 2.75) is 39.2 Å². The third-order valence-electron chi connectivity index (χ3n) is 7.06. The van der Waals surface area contributed by atoms with E-state index in [1.54, 1.807) is 12.3 Å². The van der Waals surface area contributed by atoms with Crippen LogP contribution in [0.25, 0.3) is 11.5 Å². The van der Waals surface area contributed by atoms with Gasteiger partial charge in [0.25, 0.3) is 0 Å². The molecule has 0 saturated carbocycles. The molecule has 2 aromatic heterocycles. The second-order valence-electron chi connectivity index (χ2n) is 8.94. The fraction of sp³-hybridized carbons (Fsp3) is 0.423. The van der Waals surface area contributed by atoms with Crippen LogP contribution in [0.15, 0.2) is 42.9 Å². The molecule has 0 bridgehead atoms. The van der Waals surface area contributed by atoms with Crippen molar-refractivity contribution in [3.63, 3.8) is 0 Å². The third-order valence-corrected chi connectivity index (χ3v) is 7.06. The number of hydrogen-bond donors (Lipinski definition) is 1. The Morgan fingerprint density at radius 2 is 1.79 bits per heavy atom. The molecule has 172 valence electrons. The van der Waals surface area contributed by atoms with Crippen LogP contribution < -0.4 is 4.90 Å². The molecule has 2 aliphatic rings. The molecule has 0 unspecified atom stereocenters. The minimum Gasteiger partial charge on any atom is -0.478 e. The van der Waals surface area contributed by atoms with Crippen LogP contribution in [-0.4, -0.2) is 63.2 Å². The van der Waals surface area contributed by atoms with Crippen molar-refractivity contribution >= 4 is 11.7 Å². The summed E-state index contributed by atoms with van der Waals surface area (Å²) in [6, 6.07) is 7.71. The maximum absolute atomic E-state index is 11.4.